The van der Waals surface area contributed by atoms with Crippen LogP contribution < -0.4 is 0 Å². The van der Waals surface area contributed by atoms with E-state index in [1.165, 1.54) is 70.6 Å². The maximum atomic E-state index is 12.1. The number of fused-ring (bicyclic) bond motifs is 5. The summed E-state index contributed by atoms with van der Waals surface area (Å²) < 4.78 is 19.8. The second kappa shape index (κ2) is 11.8. The summed E-state index contributed by atoms with van der Waals surface area (Å²) in [5, 5.41) is 0. The average Bonchev–Trinajstić information content (AvgIpc) is 3.25. The first-order valence-electron chi connectivity index (χ1n) is 16.6. The molecule has 0 saturated heterocycles. The van der Waals surface area contributed by atoms with Gasteiger partial charge in [-0.25, -0.2) is 0 Å². The zero-order valence-electron chi connectivity index (χ0n) is 27.2. The number of hydrogen-bond acceptors (Lipinski definition) is 4. The van der Waals surface area contributed by atoms with Gasteiger partial charge in [0.05, 0.1) is 13.2 Å². The van der Waals surface area contributed by atoms with Crippen molar-refractivity contribution in [3.05, 3.63) is 0 Å². The first kappa shape index (κ1) is 31.8. The van der Waals surface area contributed by atoms with Gasteiger partial charge < -0.3 is 13.6 Å². The molecule has 0 unspecified atom stereocenters. The fourth-order valence-corrected chi connectivity index (χ4v) is 12.6. The van der Waals surface area contributed by atoms with E-state index in [-0.39, 0.29) is 11.4 Å². The van der Waals surface area contributed by atoms with Crippen LogP contribution in [0.25, 0.3) is 0 Å². The molecule has 6 heteroatoms. The standard InChI is InChI=1S/C33H62O4Si2/c1-11-38(7,8)36-28-21-24-15-13-14-20-32(24,4)27-22-29(37-39(9,10)12-2)33(5)25(17-18-26(33)31(27)28)23(3)16-19-30(34)35-6/h23-29,31H,11-22H2,1-10H3/t23-,24-,25-,26+,27+,28-,29-,31+,32+,33-/m1/s1. The highest BCUT2D eigenvalue weighted by molar-refractivity contribution is 6.71. The molecule has 4 rings (SSSR count). The molecule has 0 amide bonds. The first-order valence-corrected chi connectivity index (χ1v) is 22.9. The van der Waals surface area contributed by atoms with E-state index in [4.69, 9.17) is 13.6 Å². The maximum Gasteiger partial charge on any atom is 0.305 e. The molecule has 0 aromatic carbocycles. The van der Waals surface area contributed by atoms with E-state index < -0.39 is 16.6 Å². The van der Waals surface area contributed by atoms with Crippen LogP contribution in [0.2, 0.25) is 38.3 Å². The highest BCUT2D eigenvalue weighted by atomic mass is 28.4. The molecule has 4 saturated carbocycles. The summed E-state index contributed by atoms with van der Waals surface area (Å²) in [6, 6.07) is 2.36. The summed E-state index contributed by atoms with van der Waals surface area (Å²) in [5.74, 6) is 3.83. The smallest absolute Gasteiger partial charge is 0.305 e. The molecule has 0 aromatic heterocycles. The molecule has 10 atom stereocenters. The monoisotopic (exact) mass is 578 g/mol. The van der Waals surface area contributed by atoms with Crippen molar-refractivity contribution in [2.75, 3.05) is 7.11 Å². The third-order valence-electron chi connectivity index (χ3n) is 13.1. The van der Waals surface area contributed by atoms with E-state index in [0.717, 1.165) is 12.3 Å². The molecular formula is C33H62O4Si2. The SMILES string of the molecule is CC[Si](C)(C)O[C@@H]1C[C@H]2CCCC[C@]2(C)[C@H]2C[C@@H](O[Si](C)(C)CC)[C@]3(C)[C@@H]([C@H](C)CCC(=O)OC)CC[C@H]3[C@H]12. The van der Waals surface area contributed by atoms with Gasteiger partial charge in [-0.2, -0.15) is 0 Å². The predicted octanol–water partition coefficient (Wildman–Crippen LogP) is 9.06. The van der Waals surface area contributed by atoms with Crippen LogP contribution in [0.5, 0.6) is 0 Å². The van der Waals surface area contributed by atoms with E-state index >= 15 is 0 Å². The topological polar surface area (TPSA) is 44.8 Å². The lowest BCUT2D eigenvalue weighted by molar-refractivity contribution is -0.194. The van der Waals surface area contributed by atoms with E-state index in [1.807, 2.05) is 0 Å². The summed E-state index contributed by atoms with van der Waals surface area (Å²) in [6.45, 7) is 22.2. The van der Waals surface area contributed by atoms with E-state index in [9.17, 15) is 4.79 Å². The van der Waals surface area contributed by atoms with Crippen LogP contribution in [0.1, 0.15) is 98.8 Å². The number of hydrogen-bond donors (Lipinski definition) is 0. The number of methoxy groups -OCH3 is 1. The highest BCUT2D eigenvalue weighted by Gasteiger charge is 2.66. The van der Waals surface area contributed by atoms with Crippen molar-refractivity contribution >= 4 is 22.6 Å². The summed E-state index contributed by atoms with van der Waals surface area (Å²) in [6.07, 6.45) is 12.8. The van der Waals surface area contributed by atoms with Gasteiger partial charge in [0.15, 0.2) is 16.6 Å². The van der Waals surface area contributed by atoms with Crippen molar-refractivity contribution < 1.29 is 18.4 Å². The van der Waals surface area contributed by atoms with Gasteiger partial charge >= 0.3 is 5.97 Å². The molecule has 4 nitrogen and oxygen atoms in total. The Balaban J connectivity index is 1.75. The fraction of sp³-hybridized carbons (Fsp3) is 0.970. The quantitative estimate of drug-likeness (QED) is 0.192. The second-order valence-electron chi connectivity index (χ2n) is 15.8. The molecule has 4 fully saturated rings. The van der Waals surface area contributed by atoms with Crippen LogP contribution in [0, 0.1) is 46.3 Å². The lowest BCUT2D eigenvalue weighted by Gasteiger charge is -2.65. The number of carbonyl (C=O) groups excluding carboxylic acids is 1. The minimum Gasteiger partial charge on any atom is -0.469 e. The van der Waals surface area contributed by atoms with Crippen LogP contribution in [-0.2, 0) is 18.4 Å². The number of ether oxygens (including phenoxy) is 1. The molecule has 0 bridgehead atoms. The molecule has 0 heterocycles. The molecule has 4 aliphatic rings. The Morgan fingerprint density at radius 2 is 1.59 bits per heavy atom. The summed E-state index contributed by atoms with van der Waals surface area (Å²) in [5.41, 5.74) is 0.573. The van der Waals surface area contributed by atoms with Gasteiger partial charge in [0, 0.05) is 12.5 Å². The van der Waals surface area contributed by atoms with Crippen molar-refractivity contribution in [2.45, 2.75) is 149 Å². The molecular weight excluding hydrogens is 517 g/mol. The Morgan fingerprint density at radius 3 is 2.23 bits per heavy atom. The Bertz CT molecular complexity index is 861. The lowest BCUT2D eigenvalue weighted by atomic mass is 9.43. The molecule has 226 valence electrons. The van der Waals surface area contributed by atoms with Crippen LogP contribution in [0.4, 0.5) is 0 Å². The predicted molar refractivity (Wildman–Crippen MR) is 167 cm³/mol. The largest absolute Gasteiger partial charge is 0.469 e. The van der Waals surface area contributed by atoms with Crippen molar-refractivity contribution in [1.29, 1.82) is 0 Å². The number of rotatable bonds is 10. The molecule has 0 aromatic rings. The molecule has 0 aliphatic heterocycles. The van der Waals surface area contributed by atoms with Gasteiger partial charge in [-0.15, -0.1) is 0 Å². The van der Waals surface area contributed by atoms with Crippen LogP contribution in [-0.4, -0.2) is 41.9 Å². The minimum atomic E-state index is -1.76. The van der Waals surface area contributed by atoms with Gasteiger partial charge in [-0.3, -0.25) is 4.79 Å². The summed E-state index contributed by atoms with van der Waals surface area (Å²) in [4.78, 5) is 12.1. The first-order chi connectivity index (χ1) is 18.2. The third kappa shape index (κ3) is 6.02. The molecule has 0 N–H and O–H groups in total. The highest BCUT2D eigenvalue weighted by Crippen LogP contribution is 2.69. The van der Waals surface area contributed by atoms with Crippen molar-refractivity contribution in [1.82, 2.24) is 0 Å². The fourth-order valence-electron chi connectivity index (χ4n) is 10.0. The average molecular weight is 579 g/mol. The maximum absolute atomic E-state index is 12.1. The normalized spacial score (nSPS) is 41.3. The Labute approximate surface area is 243 Å². The minimum absolute atomic E-state index is 0.0682. The van der Waals surface area contributed by atoms with Gasteiger partial charge in [-0.05, 0) is 130 Å². The zero-order chi connectivity index (χ0) is 28.8. The Kier molecular flexibility index (Phi) is 9.64. The summed E-state index contributed by atoms with van der Waals surface area (Å²) in [7, 11) is -1.94. The van der Waals surface area contributed by atoms with Gasteiger partial charge in [-0.1, -0.05) is 47.5 Å². The van der Waals surface area contributed by atoms with Crippen LogP contribution >= 0.6 is 0 Å². The second-order valence-corrected chi connectivity index (χ2v) is 24.8. The number of carbonyl (C=O) groups is 1. The molecule has 4 aliphatic carbocycles. The lowest BCUT2D eigenvalue weighted by Crippen LogP contribution is -2.64. The van der Waals surface area contributed by atoms with Crippen molar-refractivity contribution in [3.63, 3.8) is 0 Å². The molecule has 39 heavy (non-hydrogen) atoms. The number of esters is 1. The summed E-state index contributed by atoms with van der Waals surface area (Å²) >= 11 is 0. The van der Waals surface area contributed by atoms with Crippen LogP contribution in [0.3, 0.4) is 0 Å². The van der Waals surface area contributed by atoms with E-state index in [0.29, 0.717) is 53.6 Å². The van der Waals surface area contributed by atoms with Crippen LogP contribution in [0.15, 0.2) is 0 Å². The van der Waals surface area contributed by atoms with Crippen molar-refractivity contribution in [3.8, 4) is 0 Å². The van der Waals surface area contributed by atoms with Gasteiger partial charge in [0.1, 0.15) is 0 Å². The molecule has 0 spiro atoms. The van der Waals surface area contributed by atoms with Gasteiger partial charge in [0.25, 0.3) is 0 Å². The van der Waals surface area contributed by atoms with Crippen molar-refractivity contribution in [2.24, 2.45) is 46.3 Å². The van der Waals surface area contributed by atoms with E-state index in [2.05, 4.69) is 60.8 Å². The Morgan fingerprint density at radius 1 is 0.923 bits per heavy atom. The van der Waals surface area contributed by atoms with E-state index in [1.54, 1.807) is 0 Å². The van der Waals surface area contributed by atoms with Gasteiger partial charge in [0.2, 0.25) is 0 Å². The Hall–Kier alpha value is -0.176. The zero-order valence-corrected chi connectivity index (χ0v) is 29.2. The third-order valence-corrected chi connectivity index (χ3v) is 18.3. The molecule has 0 radical (unpaired) electrons.